The van der Waals surface area contributed by atoms with Crippen LogP contribution in [0.15, 0.2) is 29.6 Å². The van der Waals surface area contributed by atoms with Gasteiger partial charge in [0.15, 0.2) is 5.13 Å². The maximum Gasteiger partial charge on any atom is 0.273 e. The Morgan fingerprint density at radius 1 is 1.36 bits per heavy atom. The van der Waals surface area contributed by atoms with Crippen LogP contribution in [0, 0.1) is 0 Å². The number of anilines is 2. The molecule has 1 heterocycles. The molecule has 1 aromatic carbocycles. The third-order valence-corrected chi connectivity index (χ3v) is 4.02. The van der Waals surface area contributed by atoms with Crippen LogP contribution in [0.5, 0.6) is 5.75 Å². The first-order chi connectivity index (χ1) is 10.6. The predicted molar refractivity (Wildman–Crippen MR) is 90.3 cm³/mol. The van der Waals surface area contributed by atoms with Crippen LogP contribution in [0.1, 0.15) is 30.3 Å². The summed E-state index contributed by atoms with van der Waals surface area (Å²) < 4.78 is 5.12. The summed E-state index contributed by atoms with van der Waals surface area (Å²) in [6.07, 6.45) is 2.07. The first kappa shape index (κ1) is 16.3. The molecule has 2 aromatic rings. The van der Waals surface area contributed by atoms with E-state index in [9.17, 15) is 4.79 Å². The highest BCUT2D eigenvalue weighted by Gasteiger charge is 2.15. The zero-order valence-corrected chi connectivity index (χ0v) is 13.9. The Morgan fingerprint density at radius 3 is 2.73 bits per heavy atom. The van der Waals surface area contributed by atoms with Gasteiger partial charge in [0.2, 0.25) is 0 Å². The molecule has 0 spiro atoms. The fraction of sp³-hybridized carbons (Fsp3) is 0.375. The molecule has 6 heteroatoms. The molecule has 0 aliphatic rings. The highest BCUT2D eigenvalue weighted by molar-refractivity contribution is 7.14. The Labute approximate surface area is 134 Å². The van der Waals surface area contributed by atoms with E-state index in [-0.39, 0.29) is 5.91 Å². The van der Waals surface area contributed by atoms with Crippen molar-refractivity contribution >= 4 is 28.1 Å². The molecule has 0 saturated heterocycles. The van der Waals surface area contributed by atoms with Crippen LogP contribution in [0.25, 0.3) is 0 Å². The number of carbonyl (C=O) groups is 1. The summed E-state index contributed by atoms with van der Waals surface area (Å²) >= 11 is 1.42. The number of nitrogens with zero attached hydrogens (tertiary/aromatic N) is 2. The first-order valence-electron chi connectivity index (χ1n) is 7.26. The number of benzene rings is 1. The molecule has 5 nitrogen and oxygen atoms in total. The molecule has 0 fully saturated rings. The standard InChI is InChI=1S/C16H21N3O2S/c1-4-5-10-19(2)15(20)14-11-22-16(18-14)17-12-6-8-13(21-3)9-7-12/h6-9,11H,4-5,10H2,1-3H3,(H,17,18). The van der Waals surface area contributed by atoms with E-state index >= 15 is 0 Å². The van der Waals surface area contributed by atoms with Gasteiger partial charge < -0.3 is 15.0 Å². The number of nitrogens with one attached hydrogen (secondary N) is 1. The van der Waals surface area contributed by atoms with Gasteiger partial charge in [-0.25, -0.2) is 4.98 Å². The smallest absolute Gasteiger partial charge is 0.273 e. The molecule has 22 heavy (non-hydrogen) atoms. The second kappa shape index (κ2) is 7.79. The molecule has 0 radical (unpaired) electrons. The SMILES string of the molecule is CCCCN(C)C(=O)c1csc(Nc2ccc(OC)cc2)n1. The van der Waals surface area contributed by atoms with Gasteiger partial charge in [0, 0.05) is 24.7 Å². The highest BCUT2D eigenvalue weighted by Crippen LogP contribution is 2.23. The van der Waals surface area contributed by atoms with Crippen molar-refractivity contribution in [1.29, 1.82) is 0 Å². The Kier molecular flexibility index (Phi) is 5.77. The fourth-order valence-electron chi connectivity index (χ4n) is 1.92. The molecule has 0 aliphatic heterocycles. The molecule has 0 aliphatic carbocycles. The average molecular weight is 319 g/mol. The molecule has 0 bridgehead atoms. The van der Waals surface area contributed by atoms with Crippen molar-refractivity contribution in [3.63, 3.8) is 0 Å². The third-order valence-electron chi connectivity index (χ3n) is 3.26. The summed E-state index contributed by atoms with van der Waals surface area (Å²) in [6, 6.07) is 7.57. The van der Waals surface area contributed by atoms with Crippen molar-refractivity contribution in [3.8, 4) is 5.75 Å². The molecular weight excluding hydrogens is 298 g/mol. The summed E-state index contributed by atoms with van der Waals surface area (Å²) in [5.74, 6) is 0.769. The third kappa shape index (κ3) is 4.21. The van der Waals surface area contributed by atoms with Crippen LogP contribution in [0.4, 0.5) is 10.8 Å². The van der Waals surface area contributed by atoms with Gasteiger partial charge in [0.25, 0.3) is 5.91 Å². The van der Waals surface area contributed by atoms with E-state index in [1.165, 1.54) is 11.3 Å². The van der Waals surface area contributed by atoms with Crippen LogP contribution < -0.4 is 10.1 Å². The Hall–Kier alpha value is -2.08. The van der Waals surface area contributed by atoms with Gasteiger partial charge in [-0.1, -0.05) is 13.3 Å². The largest absolute Gasteiger partial charge is 0.497 e. The van der Waals surface area contributed by atoms with Crippen molar-refractivity contribution in [2.45, 2.75) is 19.8 Å². The summed E-state index contributed by atoms with van der Waals surface area (Å²) in [6.45, 7) is 2.87. The highest BCUT2D eigenvalue weighted by atomic mass is 32.1. The van der Waals surface area contributed by atoms with Gasteiger partial charge in [-0.3, -0.25) is 4.79 Å². The second-order valence-electron chi connectivity index (χ2n) is 4.97. The van der Waals surface area contributed by atoms with E-state index in [1.807, 2.05) is 31.3 Å². The van der Waals surface area contributed by atoms with E-state index in [1.54, 1.807) is 17.4 Å². The first-order valence-corrected chi connectivity index (χ1v) is 8.14. The lowest BCUT2D eigenvalue weighted by atomic mass is 10.3. The van der Waals surface area contributed by atoms with Gasteiger partial charge in [-0.15, -0.1) is 11.3 Å². The van der Waals surface area contributed by atoms with Gasteiger partial charge in [-0.05, 0) is 30.7 Å². The number of aromatic nitrogens is 1. The zero-order chi connectivity index (χ0) is 15.9. The predicted octanol–water partition coefficient (Wildman–Crippen LogP) is 3.77. The number of methoxy groups -OCH3 is 1. The molecule has 118 valence electrons. The summed E-state index contributed by atoms with van der Waals surface area (Å²) in [5.41, 5.74) is 1.40. The molecule has 1 aromatic heterocycles. The van der Waals surface area contributed by atoms with Crippen molar-refractivity contribution < 1.29 is 9.53 Å². The quantitative estimate of drug-likeness (QED) is 0.844. The number of ether oxygens (including phenoxy) is 1. The van der Waals surface area contributed by atoms with Gasteiger partial charge in [0.05, 0.1) is 7.11 Å². The van der Waals surface area contributed by atoms with Crippen molar-refractivity contribution in [1.82, 2.24) is 9.88 Å². The number of hydrogen-bond acceptors (Lipinski definition) is 5. The van der Waals surface area contributed by atoms with E-state index in [0.29, 0.717) is 10.8 Å². The number of carbonyl (C=O) groups excluding carboxylic acids is 1. The van der Waals surface area contributed by atoms with Crippen LogP contribution in [0.3, 0.4) is 0 Å². The van der Waals surface area contributed by atoms with Crippen LogP contribution in [-0.2, 0) is 0 Å². The van der Waals surface area contributed by atoms with Crippen molar-refractivity contribution in [3.05, 3.63) is 35.3 Å². The Balaban J connectivity index is 1.99. The summed E-state index contributed by atoms with van der Waals surface area (Å²) in [5, 5.41) is 5.69. The van der Waals surface area contributed by atoms with Crippen LogP contribution in [-0.4, -0.2) is 36.5 Å². The fourth-order valence-corrected chi connectivity index (χ4v) is 2.62. The van der Waals surface area contributed by atoms with E-state index in [0.717, 1.165) is 30.8 Å². The molecule has 1 amide bonds. The summed E-state index contributed by atoms with van der Waals surface area (Å²) in [4.78, 5) is 18.3. The van der Waals surface area contributed by atoms with Crippen LogP contribution >= 0.6 is 11.3 Å². The molecule has 2 rings (SSSR count). The Morgan fingerprint density at radius 2 is 2.09 bits per heavy atom. The molecule has 0 unspecified atom stereocenters. The Bertz CT molecular complexity index is 610. The minimum atomic E-state index is -0.0347. The normalized spacial score (nSPS) is 10.3. The van der Waals surface area contributed by atoms with E-state index < -0.39 is 0 Å². The number of hydrogen-bond donors (Lipinski definition) is 1. The van der Waals surface area contributed by atoms with Crippen LogP contribution in [0.2, 0.25) is 0 Å². The number of thiazole rings is 1. The monoisotopic (exact) mass is 319 g/mol. The minimum Gasteiger partial charge on any atom is -0.497 e. The maximum atomic E-state index is 12.2. The van der Waals surface area contributed by atoms with Gasteiger partial charge in [0.1, 0.15) is 11.4 Å². The lowest BCUT2D eigenvalue weighted by Crippen LogP contribution is -2.27. The molecule has 1 N–H and O–H groups in total. The average Bonchev–Trinajstić information content (AvgIpc) is 3.01. The van der Waals surface area contributed by atoms with Gasteiger partial charge in [-0.2, -0.15) is 0 Å². The second-order valence-corrected chi connectivity index (χ2v) is 5.83. The maximum absolute atomic E-state index is 12.2. The van der Waals surface area contributed by atoms with E-state index in [4.69, 9.17) is 4.74 Å². The van der Waals surface area contributed by atoms with E-state index in [2.05, 4.69) is 17.2 Å². The van der Waals surface area contributed by atoms with Gasteiger partial charge >= 0.3 is 0 Å². The van der Waals surface area contributed by atoms with Crippen molar-refractivity contribution in [2.75, 3.05) is 26.0 Å². The molecule has 0 atom stereocenters. The minimum absolute atomic E-state index is 0.0347. The zero-order valence-electron chi connectivity index (χ0n) is 13.1. The molecule has 0 saturated carbocycles. The summed E-state index contributed by atoms with van der Waals surface area (Å²) in [7, 11) is 3.45. The molecular formula is C16H21N3O2S. The number of amides is 1. The van der Waals surface area contributed by atoms with Crippen molar-refractivity contribution in [2.24, 2.45) is 0 Å². The lowest BCUT2D eigenvalue weighted by Gasteiger charge is -2.14. The topological polar surface area (TPSA) is 54.5 Å². The lowest BCUT2D eigenvalue weighted by molar-refractivity contribution is 0.0788. The number of unbranched alkanes of at least 4 members (excludes halogenated alkanes) is 1. The number of rotatable bonds is 7.